The lowest BCUT2D eigenvalue weighted by molar-refractivity contribution is 0.436. The molecule has 0 bridgehead atoms. The van der Waals surface area contributed by atoms with E-state index in [1.807, 2.05) is 12.1 Å². The third kappa shape index (κ3) is 5.18. The fourth-order valence-electron chi connectivity index (χ4n) is 2.36. The summed E-state index contributed by atoms with van der Waals surface area (Å²) in [6.07, 6.45) is 5.11. The highest BCUT2D eigenvalue weighted by Gasteiger charge is 2.13. The summed E-state index contributed by atoms with van der Waals surface area (Å²) >= 11 is 5.96. The molecule has 0 aliphatic rings. The number of hydrogen-bond acceptors (Lipinski definition) is 2. The summed E-state index contributed by atoms with van der Waals surface area (Å²) in [4.78, 5) is 0. The second kappa shape index (κ2) is 8.20. The van der Waals surface area contributed by atoms with Crippen molar-refractivity contribution < 1.29 is 8.81 Å². The van der Waals surface area contributed by atoms with Gasteiger partial charge in [-0.2, -0.15) is 0 Å². The van der Waals surface area contributed by atoms with Gasteiger partial charge in [-0.05, 0) is 61.7 Å². The van der Waals surface area contributed by atoms with Crippen LogP contribution in [0.25, 0.3) is 0 Å². The quantitative estimate of drug-likeness (QED) is 0.770. The number of hydrogen-bond donors (Lipinski definition) is 1. The molecule has 2 aromatic rings. The molecule has 0 radical (unpaired) electrons. The van der Waals surface area contributed by atoms with E-state index in [0.29, 0.717) is 17.0 Å². The molecule has 1 heterocycles. The Bertz CT molecular complexity index is 542. The molecular weight excluding hydrogens is 289 g/mol. The number of halogens is 2. The van der Waals surface area contributed by atoms with Crippen molar-refractivity contribution in [2.24, 2.45) is 0 Å². The molecule has 4 heteroatoms. The monoisotopic (exact) mass is 309 g/mol. The lowest BCUT2D eigenvalue weighted by atomic mass is 10.0. The molecule has 1 aromatic carbocycles. The molecule has 0 aliphatic heterocycles. The van der Waals surface area contributed by atoms with Crippen LogP contribution < -0.4 is 5.32 Å². The van der Waals surface area contributed by atoms with Gasteiger partial charge in [0.1, 0.15) is 11.6 Å². The van der Waals surface area contributed by atoms with Gasteiger partial charge in [0.15, 0.2) is 0 Å². The van der Waals surface area contributed by atoms with E-state index < -0.39 is 0 Å². The molecule has 1 unspecified atom stereocenters. The van der Waals surface area contributed by atoms with Crippen LogP contribution in [-0.2, 0) is 12.8 Å². The van der Waals surface area contributed by atoms with Crippen molar-refractivity contribution in [2.45, 2.75) is 38.6 Å². The Balaban J connectivity index is 1.99. The number of rotatable bonds is 8. The molecule has 0 spiro atoms. The fraction of sp³-hybridized carbons (Fsp3) is 0.412. The Morgan fingerprint density at radius 3 is 2.90 bits per heavy atom. The maximum atomic E-state index is 13.9. The van der Waals surface area contributed by atoms with Crippen molar-refractivity contribution in [3.8, 4) is 0 Å². The van der Waals surface area contributed by atoms with E-state index in [0.717, 1.165) is 31.6 Å². The van der Waals surface area contributed by atoms with Gasteiger partial charge in [-0.3, -0.25) is 0 Å². The first-order valence-corrected chi connectivity index (χ1v) is 7.76. The Kier molecular flexibility index (Phi) is 6.27. The minimum Gasteiger partial charge on any atom is -0.469 e. The third-order valence-corrected chi connectivity index (χ3v) is 3.71. The van der Waals surface area contributed by atoms with Gasteiger partial charge in [-0.15, -0.1) is 0 Å². The third-order valence-electron chi connectivity index (χ3n) is 3.48. The van der Waals surface area contributed by atoms with E-state index in [2.05, 4.69) is 12.2 Å². The van der Waals surface area contributed by atoms with Crippen molar-refractivity contribution in [1.29, 1.82) is 0 Å². The van der Waals surface area contributed by atoms with Crippen LogP contribution in [0, 0.1) is 5.82 Å². The van der Waals surface area contributed by atoms with Gasteiger partial charge < -0.3 is 9.73 Å². The van der Waals surface area contributed by atoms with E-state index in [9.17, 15) is 4.39 Å². The first kappa shape index (κ1) is 16.1. The van der Waals surface area contributed by atoms with Crippen LogP contribution in [0.1, 0.15) is 31.1 Å². The van der Waals surface area contributed by atoms with Gasteiger partial charge in [-0.25, -0.2) is 4.39 Å². The Labute approximate surface area is 130 Å². The average molecular weight is 310 g/mol. The van der Waals surface area contributed by atoms with Crippen molar-refractivity contribution in [2.75, 3.05) is 6.54 Å². The molecule has 0 amide bonds. The predicted octanol–water partition coefficient (Wildman–Crippen LogP) is 4.62. The minimum atomic E-state index is -0.194. The van der Waals surface area contributed by atoms with Crippen LogP contribution in [-0.4, -0.2) is 12.6 Å². The SMILES string of the molecule is CCCNC(CCc1ccco1)Cc1cc(Cl)ccc1F. The fourth-order valence-corrected chi connectivity index (χ4v) is 2.56. The van der Waals surface area contributed by atoms with E-state index in [1.54, 1.807) is 18.4 Å². The van der Waals surface area contributed by atoms with Crippen molar-refractivity contribution in [3.63, 3.8) is 0 Å². The van der Waals surface area contributed by atoms with Crippen LogP contribution in [0.3, 0.4) is 0 Å². The Hall–Kier alpha value is -1.32. The summed E-state index contributed by atoms with van der Waals surface area (Å²) in [5, 5.41) is 4.05. The van der Waals surface area contributed by atoms with Crippen LogP contribution in [0.2, 0.25) is 5.02 Å². The zero-order chi connectivity index (χ0) is 15.1. The smallest absolute Gasteiger partial charge is 0.126 e. The molecule has 0 aliphatic carbocycles. The predicted molar refractivity (Wildman–Crippen MR) is 84.2 cm³/mol. The molecular formula is C17H21ClFNO. The summed E-state index contributed by atoms with van der Waals surface area (Å²) in [6.45, 7) is 3.04. The van der Waals surface area contributed by atoms with Gasteiger partial charge >= 0.3 is 0 Å². The van der Waals surface area contributed by atoms with Gasteiger partial charge in [0.25, 0.3) is 0 Å². The van der Waals surface area contributed by atoms with E-state index in [-0.39, 0.29) is 11.9 Å². The molecule has 0 fully saturated rings. The first-order chi connectivity index (χ1) is 10.2. The summed E-state index contributed by atoms with van der Waals surface area (Å²) in [5.74, 6) is 0.769. The van der Waals surface area contributed by atoms with Gasteiger partial charge in [0.05, 0.1) is 6.26 Å². The molecule has 114 valence electrons. The van der Waals surface area contributed by atoms with Crippen molar-refractivity contribution >= 4 is 11.6 Å². The van der Waals surface area contributed by atoms with E-state index >= 15 is 0 Å². The second-order valence-electron chi connectivity index (χ2n) is 5.21. The summed E-state index contributed by atoms with van der Waals surface area (Å²) in [6, 6.07) is 8.79. The van der Waals surface area contributed by atoms with Crippen LogP contribution >= 0.6 is 11.6 Å². The number of furan rings is 1. The van der Waals surface area contributed by atoms with Gasteiger partial charge in [0.2, 0.25) is 0 Å². The molecule has 0 saturated carbocycles. The first-order valence-electron chi connectivity index (χ1n) is 7.38. The largest absolute Gasteiger partial charge is 0.469 e. The van der Waals surface area contributed by atoms with E-state index in [1.165, 1.54) is 6.07 Å². The Morgan fingerprint density at radius 1 is 1.33 bits per heavy atom. The zero-order valence-electron chi connectivity index (χ0n) is 12.2. The maximum absolute atomic E-state index is 13.9. The van der Waals surface area contributed by atoms with Crippen molar-refractivity contribution in [3.05, 3.63) is 58.8 Å². The standard InChI is InChI=1S/C17H21ClFNO/c1-2-9-20-15(6-7-16-4-3-10-21-16)12-13-11-14(18)5-8-17(13)19/h3-5,8,10-11,15,20H,2,6-7,9,12H2,1H3. The molecule has 2 rings (SSSR count). The van der Waals surface area contributed by atoms with Crippen molar-refractivity contribution in [1.82, 2.24) is 5.32 Å². The zero-order valence-corrected chi connectivity index (χ0v) is 13.0. The Morgan fingerprint density at radius 2 is 2.19 bits per heavy atom. The highest BCUT2D eigenvalue weighted by Crippen LogP contribution is 2.18. The highest BCUT2D eigenvalue weighted by atomic mass is 35.5. The minimum absolute atomic E-state index is 0.194. The topological polar surface area (TPSA) is 25.2 Å². The van der Waals surface area contributed by atoms with Crippen LogP contribution in [0.15, 0.2) is 41.0 Å². The number of nitrogens with one attached hydrogen (secondary N) is 1. The lowest BCUT2D eigenvalue weighted by Gasteiger charge is -2.18. The number of benzene rings is 1. The molecule has 1 aromatic heterocycles. The number of aryl methyl sites for hydroxylation is 1. The molecule has 21 heavy (non-hydrogen) atoms. The average Bonchev–Trinajstić information content (AvgIpc) is 2.99. The highest BCUT2D eigenvalue weighted by molar-refractivity contribution is 6.30. The maximum Gasteiger partial charge on any atom is 0.126 e. The molecule has 1 N–H and O–H groups in total. The summed E-state index contributed by atoms with van der Waals surface area (Å²) < 4.78 is 19.2. The van der Waals surface area contributed by atoms with Crippen LogP contribution in [0.5, 0.6) is 0 Å². The van der Waals surface area contributed by atoms with Gasteiger partial charge in [0, 0.05) is 17.5 Å². The molecule has 0 saturated heterocycles. The molecule has 2 nitrogen and oxygen atoms in total. The van der Waals surface area contributed by atoms with E-state index in [4.69, 9.17) is 16.0 Å². The molecule has 1 atom stereocenters. The second-order valence-corrected chi connectivity index (χ2v) is 5.65. The summed E-state index contributed by atoms with van der Waals surface area (Å²) in [7, 11) is 0. The normalized spacial score (nSPS) is 12.5. The lowest BCUT2D eigenvalue weighted by Crippen LogP contribution is -2.32. The summed E-state index contributed by atoms with van der Waals surface area (Å²) in [5.41, 5.74) is 0.663. The van der Waals surface area contributed by atoms with Crippen LogP contribution in [0.4, 0.5) is 4.39 Å². The van der Waals surface area contributed by atoms with Gasteiger partial charge in [-0.1, -0.05) is 18.5 Å².